The second-order valence-electron chi connectivity index (χ2n) is 6.63. The highest BCUT2D eigenvalue weighted by atomic mass is 16.5. The molecule has 0 unspecified atom stereocenters. The topological polar surface area (TPSA) is 69.4 Å². The number of hydrogen-bond acceptors (Lipinski definition) is 5. The van der Waals surface area contributed by atoms with Crippen molar-refractivity contribution in [2.75, 3.05) is 20.3 Å². The monoisotopic (exact) mass is 345 g/mol. The van der Waals surface area contributed by atoms with E-state index in [0.717, 1.165) is 54.6 Å². The van der Waals surface area contributed by atoms with Crippen molar-refractivity contribution in [3.05, 3.63) is 29.6 Å². The minimum Gasteiger partial charge on any atom is -0.496 e. The Bertz CT molecular complexity index is 708. The van der Waals surface area contributed by atoms with Crippen LogP contribution in [0.25, 0.3) is 11.4 Å². The van der Waals surface area contributed by atoms with Gasteiger partial charge in [0.05, 0.1) is 25.3 Å². The lowest BCUT2D eigenvalue weighted by Gasteiger charge is -2.18. The standard InChI is InChI=1S/C19H27N3O3/c1-4-15(23)12-22-19(16-11-13(2)5-6-17(16)24-3)20-18(21-22)14-7-9-25-10-8-14/h5-6,11,14-15,23H,4,7-10,12H2,1-3H3/t15-/m1/s1. The fourth-order valence-corrected chi connectivity index (χ4v) is 3.14. The maximum absolute atomic E-state index is 10.1. The Morgan fingerprint density at radius 2 is 2.12 bits per heavy atom. The molecule has 1 aliphatic heterocycles. The summed E-state index contributed by atoms with van der Waals surface area (Å²) >= 11 is 0. The molecule has 0 bridgehead atoms. The molecule has 2 heterocycles. The van der Waals surface area contributed by atoms with Crippen molar-refractivity contribution in [3.63, 3.8) is 0 Å². The van der Waals surface area contributed by atoms with Crippen LogP contribution in [-0.2, 0) is 11.3 Å². The van der Waals surface area contributed by atoms with Crippen molar-refractivity contribution in [3.8, 4) is 17.1 Å². The van der Waals surface area contributed by atoms with Gasteiger partial charge in [0, 0.05) is 19.1 Å². The Morgan fingerprint density at radius 3 is 2.80 bits per heavy atom. The smallest absolute Gasteiger partial charge is 0.162 e. The second kappa shape index (κ2) is 7.97. The van der Waals surface area contributed by atoms with E-state index in [9.17, 15) is 5.11 Å². The van der Waals surface area contributed by atoms with Crippen LogP contribution in [0.4, 0.5) is 0 Å². The fraction of sp³-hybridized carbons (Fsp3) is 0.579. The highest BCUT2D eigenvalue weighted by molar-refractivity contribution is 5.65. The van der Waals surface area contributed by atoms with E-state index in [0.29, 0.717) is 18.9 Å². The lowest BCUT2D eigenvalue weighted by atomic mass is 10.00. The number of nitrogens with zero attached hydrogens (tertiary/aromatic N) is 3. The zero-order chi connectivity index (χ0) is 17.8. The lowest BCUT2D eigenvalue weighted by molar-refractivity contribution is 0.0833. The average Bonchev–Trinajstić information content (AvgIpc) is 3.06. The van der Waals surface area contributed by atoms with Gasteiger partial charge in [-0.3, -0.25) is 0 Å². The van der Waals surface area contributed by atoms with Gasteiger partial charge < -0.3 is 14.6 Å². The number of ether oxygens (including phenoxy) is 2. The highest BCUT2D eigenvalue weighted by Gasteiger charge is 2.24. The SMILES string of the molecule is CC[C@@H](O)Cn1nc(C2CCOCC2)nc1-c1cc(C)ccc1OC. The number of aliphatic hydroxyl groups excluding tert-OH is 1. The molecule has 0 amide bonds. The molecule has 2 aromatic rings. The van der Waals surface area contributed by atoms with Crippen molar-refractivity contribution in [1.82, 2.24) is 14.8 Å². The third-order valence-electron chi connectivity index (χ3n) is 4.73. The Kier molecular flexibility index (Phi) is 5.71. The summed E-state index contributed by atoms with van der Waals surface area (Å²) < 4.78 is 12.8. The zero-order valence-electron chi connectivity index (χ0n) is 15.2. The van der Waals surface area contributed by atoms with E-state index in [-0.39, 0.29) is 0 Å². The number of aryl methyl sites for hydroxylation is 1. The summed E-state index contributed by atoms with van der Waals surface area (Å²) in [4.78, 5) is 4.85. The summed E-state index contributed by atoms with van der Waals surface area (Å²) in [7, 11) is 1.66. The van der Waals surface area contributed by atoms with Gasteiger partial charge in [0.2, 0.25) is 0 Å². The molecule has 1 atom stereocenters. The minimum absolute atomic E-state index is 0.309. The summed E-state index contributed by atoms with van der Waals surface area (Å²) in [6, 6.07) is 6.03. The molecule has 0 spiro atoms. The van der Waals surface area contributed by atoms with Gasteiger partial charge in [-0.05, 0) is 38.3 Å². The summed E-state index contributed by atoms with van der Waals surface area (Å²) in [6.07, 6.45) is 2.10. The predicted octanol–water partition coefficient (Wildman–Crippen LogP) is 2.93. The van der Waals surface area contributed by atoms with E-state index in [1.807, 2.05) is 30.7 Å². The molecular formula is C19H27N3O3. The van der Waals surface area contributed by atoms with Crippen LogP contribution in [0.5, 0.6) is 5.75 Å². The Labute approximate surface area is 148 Å². The lowest BCUT2D eigenvalue weighted by Crippen LogP contribution is -2.18. The quantitative estimate of drug-likeness (QED) is 0.872. The second-order valence-corrected chi connectivity index (χ2v) is 6.63. The van der Waals surface area contributed by atoms with Gasteiger partial charge in [0.1, 0.15) is 5.75 Å². The molecule has 3 rings (SSSR count). The number of aliphatic hydroxyl groups is 1. The molecule has 25 heavy (non-hydrogen) atoms. The van der Waals surface area contributed by atoms with Crippen LogP contribution in [0.15, 0.2) is 18.2 Å². The van der Waals surface area contributed by atoms with Gasteiger partial charge in [-0.15, -0.1) is 0 Å². The van der Waals surface area contributed by atoms with Crippen molar-refractivity contribution in [1.29, 1.82) is 0 Å². The highest BCUT2D eigenvalue weighted by Crippen LogP contribution is 2.32. The van der Waals surface area contributed by atoms with Crippen molar-refractivity contribution < 1.29 is 14.6 Å². The molecule has 1 aromatic heterocycles. The fourth-order valence-electron chi connectivity index (χ4n) is 3.14. The van der Waals surface area contributed by atoms with Gasteiger partial charge in [-0.25, -0.2) is 9.67 Å². The van der Waals surface area contributed by atoms with Crippen LogP contribution in [0.1, 0.15) is 43.5 Å². The van der Waals surface area contributed by atoms with Gasteiger partial charge in [0.15, 0.2) is 11.6 Å². The maximum Gasteiger partial charge on any atom is 0.162 e. The van der Waals surface area contributed by atoms with E-state index in [4.69, 9.17) is 19.6 Å². The van der Waals surface area contributed by atoms with E-state index in [1.54, 1.807) is 7.11 Å². The summed E-state index contributed by atoms with van der Waals surface area (Å²) in [5.41, 5.74) is 2.05. The molecule has 6 heteroatoms. The maximum atomic E-state index is 10.1. The van der Waals surface area contributed by atoms with Crippen molar-refractivity contribution in [2.45, 2.75) is 51.7 Å². The van der Waals surface area contributed by atoms with Crippen LogP contribution < -0.4 is 4.74 Å². The third-order valence-corrected chi connectivity index (χ3v) is 4.73. The minimum atomic E-state index is -0.446. The molecule has 0 aliphatic carbocycles. The molecular weight excluding hydrogens is 318 g/mol. The summed E-state index contributed by atoms with van der Waals surface area (Å²) in [5.74, 6) is 2.67. The number of hydrogen-bond donors (Lipinski definition) is 1. The Hall–Kier alpha value is -1.92. The van der Waals surface area contributed by atoms with E-state index in [1.165, 1.54) is 0 Å². The molecule has 1 N–H and O–H groups in total. The van der Waals surface area contributed by atoms with Crippen molar-refractivity contribution >= 4 is 0 Å². The molecule has 0 radical (unpaired) electrons. The van der Waals surface area contributed by atoms with Crippen molar-refractivity contribution in [2.24, 2.45) is 0 Å². The van der Waals surface area contributed by atoms with Crippen LogP contribution >= 0.6 is 0 Å². The Balaban J connectivity index is 2.03. The first-order chi connectivity index (χ1) is 12.1. The molecule has 6 nitrogen and oxygen atoms in total. The Morgan fingerprint density at radius 1 is 1.36 bits per heavy atom. The first kappa shape index (κ1) is 17.9. The molecule has 0 saturated carbocycles. The molecule has 1 fully saturated rings. The van der Waals surface area contributed by atoms with Gasteiger partial charge >= 0.3 is 0 Å². The normalized spacial score (nSPS) is 16.8. The molecule has 136 valence electrons. The van der Waals surface area contributed by atoms with Crippen LogP contribution in [0, 0.1) is 6.92 Å². The number of rotatable bonds is 6. The van der Waals surface area contributed by atoms with E-state index >= 15 is 0 Å². The average molecular weight is 345 g/mol. The van der Waals surface area contributed by atoms with Gasteiger partial charge in [-0.2, -0.15) is 5.10 Å². The van der Waals surface area contributed by atoms with E-state index < -0.39 is 6.10 Å². The number of methoxy groups -OCH3 is 1. The van der Waals surface area contributed by atoms with Crippen LogP contribution in [-0.4, -0.2) is 46.3 Å². The first-order valence-corrected chi connectivity index (χ1v) is 8.98. The largest absolute Gasteiger partial charge is 0.496 e. The first-order valence-electron chi connectivity index (χ1n) is 8.98. The summed E-state index contributed by atoms with van der Waals surface area (Å²) in [6.45, 7) is 5.94. The third kappa shape index (κ3) is 4.02. The number of aromatic nitrogens is 3. The number of benzene rings is 1. The van der Waals surface area contributed by atoms with Crippen LogP contribution in [0.2, 0.25) is 0 Å². The zero-order valence-corrected chi connectivity index (χ0v) is 15.2. The molecule has 1 aromatic carbocycles. The molecule has 1 saturated heterocycles. The van der Waals surface area contributed by atoms with Gasteiger partial charge in [-0.1, -0.05) is 18.6 Å². The van der Waals surface area contributed by atoms with E-state index in [2.05, 4.69) is 6.07 Å². The summed E-state index contributed by atoms with van der Waals surface area (Å²) in [5, 5.41) is 14.9. The van der Waals surface area contributed by atoms with Gasteiger partial charge in [0.25, 0.3) is 0 Å². The predicted molar refractivity (Wildman–Crippen MR) is 95.8 cm³/mol. The molecule has 1 aliphatic rings. The van der Waals surface area contributed by atoms with Crippen LogP contribution in [0.3, 0.4) is 0 Å².